The van der Waals surface area contributed by atoms with Crippen molar-refractivity contribution in [2.24, 2.45) is 0 Å². The molecule has 0 saturated carbocycles. The molecule has 4 nitrogen and oxygen atoms in total. The third-order valence-electron chi connectivity index (χ3n) is 7.08. The molecule has 3 aromatic carbocycles. The van der Waals surface area contributed by atoms with Gasteiger partial charge in [-0.1, -0.05) is 72.3 Å². The molecule has 0 bridgehead atoms. The Bertz CT molecular complexity index is 1190. The zero-order valence-corrected chi connectivity index (χ0v) is 24.2. The molecule has 1 saturated heterocycles. The van der Waals surface area contributed by atoms with Crippen molar-refractivity contribution < 1.29 is 0 Å². The summed E-state index contributed by atoms with van der Waals surface area (Å²) in [6, 6.07) is 29.6. The monoisotopic (exact) mass is 578 g/mol. The van der Waals surface area contributed by atoms with Gasteiger partial charge in [-0.15, -0.1) is 37.2 Å². The Hall–Kier alpha value is -2.05. The summed E-state index contributed by atoms with van der Waals surface area (Å²) in [6.07, 6.45) is 0. The summed E-state index contributed by atoms with van der Waals surface area (Å²) < 4.78 is 0. The van der Waals surface area contributed by atoms with Crippen molar-refractivity contribution in [1.29, 1.82) is 0 Å². The maximum absolute atomic E-state index is 6.14. The van der Waals surface area contributed by atoms with Crippen LogP contribution in [0.15, 0.2) is 84.9 Å². The Balaban J connectivity index is 0.00000160. The smallest absolute Gasteiger partial charge is 0.137 e. The fraction of sp³-hybridized carbons (Fsp3) is 0.276. The van der Waals surface area contributed by atoms with Gasteiger partial charge in [-0.3, -0.25) is 4.90 Å². The van der Waals surface area contributed by atoms with Gasteiger partial charge in [-0.2, -0.15) is 0 Å². The number of aromatic nitrogens is 2. The van der Waals surface area contributed by atoms with Crippen molar-refractivity contribution in [2.45, 2.75) is 25.3 Å². The summed E-state index contributed by atoms with van der Waals surface area (Å²) in [5.74, 6) is 0.999. The lowest BCUT2D eigenvalue weighted by atomic mass is 9.72. The van der Waals surface area contributed by atoms with E-state index in [4.69, 9.17) is 16.6 Å². The van der Waals surface area contributed by atoms with E-state index >= 15 is 0 Å². The first kappa shape index (κ1) is 31.2. The number of halogens is 4. The van der Waals surface area contributed by atoms with Gasteiger partial charge in [0.05, 0.1) is 11.2 Å². The number of benzene rings is 3. The highest BCUT2D eigenvalue weighted by Gasteiger charge is 2.46. The van der Waals surface area contributed by atoms with E-state index in [0.717, 1.165) is 54.0 Å². The van der Waals surface area contributed by atoms with Crippen LogP contribution in [0, 0.1) is 6.92 Å². The van der Waals surface area contributed by atoms with E-state index in [1.165, 1.54) is 11.1 Å². The van der Waals surface area contributed by atoms with Gasteiger partial charge in [-0.05, 0) is 49.2 Å². The van der Waals surface area contributed by atoms with Crippen LogP contribution in [-0.4, -0.2) is 41.0 Å². The molecule has 0 amide bonds. The minimum atomic E-state index is -0.351. The first-order valence-electron chi connectivity index (χ1n) is 12.0. The van der Waals surface area contributed by atoms with Crippen LogP contribution in [0.2, 0.25) is 5.02 Å². The van der Waals surface area contributed by atoms with Crippen molar-refractivity contribution in [3.05, 3.63) is 112 Å². The van der Waals surface area contributed by atoms with Crippen LogP contribution in [0.25, 0.3) is 11.4 Å². The molecule has 1 aromatic heterocycles. The third-order valence-corrected chi connectivity index (χ3v) is 7.34. The fourth-order valence-corrected chi connectivity index (χ4v) is 5.55. The number of hydrogen-bond donors (Lipinski definition) is 2. The highest BCUT2D eigenvalue weighted by atomic mass is 35.5. The van der Waals surface area contributed by atoms with E-state index in [-0.39, 0.29) is 48.7 Å². The molecular formula is C29H34Cl4N4. The lowest BCUT2D eigenvalue weighted by Crippen LogP contribution is -2.56. The molecular weight excluding hydrogens is 546 g/mol. The van der Waals surface area contributed by atoms with E-state index in [1.54, 1.807) is 0 Å². The molecule has 2 heterocycles. The average molecular weight is 580 g/mol. The van der Waals surface area contributed by atoms with Crippen LogP contribution in [-0.2, 0) is 5.54 Å². The van der Waals surface area contributed by atoms with Gasteiger partial charge in [-0.25, -0.2) is 4.98 Å². The van der Waals surface area contributed by atoms with Crippen molar-refractivity contribution in [1.82, 2.24) is 20.2 Å². The zero-order chi connectivity index (χ0) is 23.5. The number of rotatable bonds is 6. The van der Waals surface area contributed by atoms with E-state index in [9.17, 15) is 0 Å². The molecule has 1 aliphatic heterocycles. The molecule has 198 valence electrons. The Labute approximate surface area is 243 Å². The number of nitrogens with zero attached hydrogens (tertiary/aromatic N) is 2. The van der Waals surface area contributed by atoms with Gasteiger partial charge >= 0.3 is 0 Å². The lowest BCUT2D eigenvalue weighted by Gasteiger charge is -2.48. The molecule has 0 aliphatic carbocycles. The predicted molar refractivity (Wildman–Crippen MR) is 162 cm³/mol. The molecule has 8 heteroatoms. The van der Waals surface area contributed by atoms with Crippen molar-refractivity contribution in [3.63, 3.8) is 0 Å². The Kier molecular flexibility index (Phi) is 11.5. The van der Waals surface area contributed by atoms with Gasteiger partial charge in [0, 0.05) is 48.4 Å². The second-order valence-electron chi connectivity index (χ2n) is 9.20. The first-order valence-corrected chi connectivity index (χ1v) is 12.3. The zero-order valence-electron chi connectivity index (χ0n) is 21.0. The van der Waals surface area contributed by atoms with E-state index in [1.807, 2.05) is 24.3 Å². The van der Waals surface area contributed by atoms with Gasteiger partial charge in [0.2, 0.25) is 0 Å². The molecule has 0 radical (unpaired) electrons. The topological polar surface area (TPSA) is 44.0 Å². The van der Waals surface area contributed by atoms with Gasteiger partial charge in [0.1, 0.15) is 5.82 Å². The van der Waals surface area contributed by atoms with Gasteiger partial charge in [0.15, 0.2) is 0 Å². The van der Waals surface area contributed by atoms with Crippen LogP contribution in [0.1, 0.15) is 35.4 Å². The molecule has 1 atom stereocenters. The molecule has 1 fully saturated rings. The summed E-state index contributed by atoms with van der Waals surface area (Å²) in [5.41, 5.74) is 5.48. The number of aromatic amines is 1. The highest BCUT2D eigenvalue weighted by Crippen LogP contribution is 2.46. The summed E-state index contributed by atoms with van der Waals surface area (Å²) >= 11 is 6.14. The average Bonchev–Trinajstić information content (AvgIpc) is 3.28. The van der Waals surface area contributed by atoms with Crippen LogP contribution in [0.3, 0.4) is 0 Å². The lowest BCUT2D eigenvalue weighted by molar-refractivity contribution is 0.0673. The number of piperazine rings is 1. The molecule has 0 spiro atoms. The van der Waals surface area contributed by atoms with Crippen molar-refractivity contribution >= 4 is 48.8 Å². The second kappa shape index (κ2) is 13.7. The number of H-pyrrole nitrogens is 1. The molecule has 4 aromatic rings. The van der Waals surface area contributed by atoms with Crippen LogP contribution in [0.4, 0.5) is 0 Å². The summed E-state index contributed by atoms with van der Waals surface area (Å²) in [5, 5.41) is 4.25. The molecule has 5 rings (SSSR count). The van der Waals surface area contributed by atoms with Crippen LogP contribution >= 0.6 is 48.8 Å². The fourth-order valence-electron chi connectivity index (χ4n) is 5.43. The minimum Gasteiger partial charge on any atom is -0.342 e. The van der Waals surface area contributed by atoms with Gasteiger partial charge < -0.3 is 10.3 Å². The summed E-state index contributed by atoms with van der Waals surface area (Å²) in [7, 11) is 0. The standard InChI is InChI=1S/C29H31ClN4.3ClH/c1-21-27(33-28(32-21)24-13-15-25(30)16-14-24)29(2,34-19-17-31-18-20-34)26(22-9-5-3-6-10-22)23-11-7-4-8-12-23;;;/h3-16,26,31H,17-20H2,1-2H3,(H,32,33);3*1H. The molecule has 2 N–H and O–H groups in total. The van der Waals surface area contributed by atoms with E-state index in [0.29, 0.717) is 0 Å². The van der Waals surface area contributed by atoms with Crippen LogP contribution < -0.4 is 5.32 Å². The molecule has 1 unspecified atom stereocenters. The second-order valence-corrected chi connectivity index (χ2v) is 9.64. The number of nitrogens with one attached hydrogen (secondary N) is 2. The van der Waals surface area contributed by atoms with Crippen molar-refractivity contribution in [2.75, 3.05) is 26.2 Å². The summed E-state index contributed by atoms with van der Waals surface area (Å²) in [4.78, 5) is 11.5. The maximum Gasteiger partial charge on any atom is 0.137 e. The maximum atomic E-state index is 6.14. The van der Waals surface area contributed by atoms with E-state index in [2.05, 4.69) is 89.7 Å². The number of hydrogen-bond acceptors (Lipinski definition) is 3. The minimum absolute atomic E-state index is 0. The SMILES string of the molecule is Cc1[nH]c(-c2ccc(Cl)cc2)nc1C(C)(C(c1ccccc1)c1ccccc1)N1CCNCC1.Cl.Cl.Cl. The number of imidazole rings is 1. The van der Waals surface area contributed by atoms with Gasteiger partial charge in [0.25, 0.3) is 0 Å². The first-order chi connectivity index (χ1) is 16.6. The van der Waals surface area contributed by atoms with E-state index < -0.39 is 0 Å². The van der Waals surface area contributed by atoms with Crippen LogP contribution in [0.5, 0.6) is 0 Å². The Morgan fingerprint density at radius 2 is 1.32 bits per heavy atom. The number of aryl methyl sites for hydroxylation is 1. The quantitative estimate of drug-likeness (QED) is 0.253. The molecule has 1 aliphatic rings. The highest BCUT2D eigenvalue weighted by molar-refractivity contribution is 6.30. The largest absolute Gasteiger partial charge is 0.342 e. The molecule has 37 heavy (non-hydrogen) atoms. The van der Waals surface area contributed by atoms with Crippen molar-refractivity contribution in [3.8, 4) is 11.4 Å². The summed E-state index contributed by atoms with van der Waals surface area (Å²) in [6.45, 7) is 8.40. The normalized spacial score (nSPS) is 15.1. The third kappa shape index (κ3) is 6.34. The Morgan fingerprint density at radius 3 is 1.84 bits per heavy atom. The predicted octanol–water partition coefficient (Wildman–Crippen LogP) is 7.26. The Morgan fingerprint density at radius 1 is 0.811 bits per heavy atom.